The van der Waals surface area contributed by atoms with Gasteiger partial charge in [0, 0.05) is 43.7 Å². The van der Waals surface area contributed by atoms with Crippen molar-refractivity contribution in [3.8, 4) is 0 Å². The van der Waals surface area contributed by atoms with Gasteiger partial charge in [-0.2, -0.15) is 11.8 Å². The number of hydrogen-bond acceptors (Lipinski definition) is 3. The molecule has 0 saturated carbocycles. The Balaban J connectivity index is 0.000000605. The summed E-state index contributed by atoms with van der Waals surface area (Å²) >= 11 is 2.09. The molecule has 2 aliphatic rings. The van der Waals surface area contributed by atoms with Gasteiger partial charge in [0.05, 0.1) is 0 Å². The van der Waals surface area contributed by atoms with Crippen LogP contribution in [0.2, 0.25) is 0 Å². The maximum atomic E-state index is 3.31. The summed E-state index contributed by atoms with van der Waals surface area (Å²) in [5, 5.41) is 3.31. The summed E-state index contributed by atoms with van der Waals surface area (Å²) in [4.78, 5) is 2.62. The zero-order valence-corrected chi connectivity index (χ0v) is 9.44. The summed E-state index contributed by atoms with van der Waals surface area (Å²) < 4.78 is 0. The highest BCUT2D eigenvalue weighted by atomic mass is 35.5. The van der Waals surface area contributed by atoms with E-state index in [9.17, 15) is 0 Å². The lowest BCUT2D eigenvalue weighted by Gasteiger charge is -2.40. The van der Waals surface area contributed by atoms with Crippen molar-refractivity contribution in [2.45, 2.75) is 6.04 Å². The van der Waals surface area contributed by atoms with Crippen LogP contribution in [0.1, 0.15) is 0 Å². The third kappa shape index (κ3) is 2.96. The molecule has 0 spiro atoms. The van der Waals surface area contributed by atoms with E-state index < -0.39 is 0 Å². The Morgan fingerprint density at radius 1 is 1.08 bits per heavy atom. The molecule has 0 unspecified atom stereocenters. The Morgan fingerprint density at radius 2 is 1.67 bits per heavy atom. The van der Waals surface area contributed by atoms with E-state index in [4.69, 9.17) is 0 Å². The fraction of sp³-hybridized carbons (Fsp3) is 1.00. The van der Waals surface area contributed by atoms with Crippen molar-refractivity contribution in [1.82, 2.24) is 10.2 Å². The summed E-state index contributed by atoms with van der Waals surface area (Å²) in [7, 11) is 0. The summed E-state index contributed by atoms with van der Waals surface area (Å²) in [5.41, 5.74) is 0. The summed E-state index contributed by atoms with van der Waals surface area (Å²) in [6.45, 7) is 5.09. The Labute approximate surface area is 90.7 Å². The molecule has 0 aliphatic carbocycles. The van der Waals surface area contributed by atoms with Crippen molar-refractivity contribution in [3.05, 3.63) is 0 Å². The number of hydrogen-bond donors (Lipinski definition) is 1. The van der Waals surface area contributed by atoms with E-state index in [1.807, 2.05) is 0 Å². The summed E-state index contributed by atoms with van der Waals surface area (Å²) in [5.74, 6) is 2.69. The van der Waals surface area contributed by atoms with Crippen LogP contribution in [-0.4, -0.2) is 48.6 Å². The molecular formula is C7H16Cl2N2S. The fourth-order valence-corrected chi connectivity index (χ4v) is 2.41. The van der Waals surface area contributed by atoms with Crippen LogP contribution in [0.3, 0.4) is 0 Å². The van der Waals surface area contributed by atoms with Gasteiger partial charge in [0.15, 0.2) is 0 Å². The number of nitrogens with one attached hydrogen (secondary N) is 1. The highest BCUT2D eigenvalue weighted by Crippen LogP contribution is 2.13. The van der Waals surface area contributed by atoms with Crippen molar-refractivity contribution in [2.24, 2.45) is 0 Å². The smallest absolute Gasteiger partial charge is 0.0346 e. The maximum absolute atomic E-state index is 3.31. The Kier molecular flexibility index (Phi) is 6.77. The van der Waals surface area contributed by atoms with Gasteiger partial charge in [0.25, 0.3) is 0 Å². The predicted octanol–water partition coefficient (Wildman–Crippen LogP) is 0.851. The van der Waals surface area contributed by atoms with E-state index in [0.717, 1.165) is 6.04 Å². The second-order valence-electron chi connectivity index (χ2n) is 2.96. The first-order chi connectivity index (χ1) is 4.97. The lowest BCUT2D eigenvalue weighted by molar-refractivity contribution is 0.160. The van der Waals surface area contributed by atoms with E-state index in [-0.39, 0.29) is 24.8 Å². The van der Waals surface area contributed by atoms with Crippen LogP contribution in [0.15, 0.2) is 0 Å². The van der Waals surface area contributed by atoms with Crippen LogP contribution in [0.5, 0.6) is 0 Å². The van der Waals surface area contributed by atoms with Gasteiger partial charge in [-0.05, 0) is 0 Å². The zero-order valence-electron chi connectivity index (χ0n) is 6.99. The van der Waals surface area contributed by atoms with Crippen molar-refractivity contribution in [1.29, 1.82) is 0 Å². The number of thioether (sulfide) groups is 1. The van der Waals surface area contributed by atoms with Gasteiger partial charge >= 0.3 is 0 Å². The largest absolute Gasteiger partial charge is 0.314 e. The van der Waals surface area contributed by atoms with Gasteiger partial charge in [-0.3, -0.25) is 4.90 Å². The SMILES string of the molecule is C1CN(C2CNC2)CCS1.Cl.Cl. The van der Waals surface area contributed by atoms with Crippen LogP contribution in [0.4, 0.5) is 0 Å². The molecule has 0 aromatic carbocycles. The first-order valence-corrected chi connectivity index (χ1v) is 5.15. The quantitative estimate of drug-likeness (QED) is 0.720. The number of halogens is 2. The van der Waals surface area contributed by atoms with Crippen LogP contribution in [-0.2, 0) is 0 Å². The molecule has 0 aromatic rings. The maximum Gasteiger partial charge on any atom is 0.0346 e. The zero-order chi connectivity index (χ0) is 6.81. The molecule has 2 fully saturated rings. The molecule has 5 heteroatoms. The average molecular weight is 231 g/mol. The van der Waals surface area contributed by atoms with Crippen molar-refractivity contribution in [2.75, 3.05) is 37.7 Å². The molecule has 0 atom stereocenters. The first kappa shape index (κ1) is 12.8. The molecular weight excluding hydrogens is 215 g/mol. The monoisotopic (exact) mass is 230 g/mol. The van der Waals surface area contributed by atoms with Gasteiger partial charge < -0.3 is 5.32 Å². The lowest BCUT2D eigenvalue weighted by atomic mass is 10.1. The molecule has 1 N–H and O–H groups in total. The van der Waals surface area contributed by atoms with Crippen molar-refractivity contribution in [3.63, 3.8) is 0 Å². The topological polar surface area (TPSA) is 15.3 Å². The molecule has 2 heterocycles. The molecule has 0 bridgehead atoms. The second-order valence-corrected chi connectivity index (χ2v) is 4.19. The minimum Gasteiger partial charge on any atom is -0.314 e. The fourth-order valence-electron chi connectivity index (χ4n) is 1.47. The van der Waals surface area contributed by atoms with Gasteiger partial charge in [-0.15, -0.1) is 24.8 Å². The van der Waals surface area contributed by atoms with Gasteiger partial charge in [-0.25, -0.2) is 0 Å². The Bertz CT molecular complexity index is 116. The normalized spacial score (nSPS) is 25.0. The average Bonchev–Trinajstić information content (AvgIpc) is 1.86. The number of nitrogens with zero attached hydrogens (tertiary/aromatic N) is 1. The Morgan fingerprint density at radius 3 is 2.08 bits per heavy atom. The van der Waals surface area contributed by atoms with Crippen LogP contribution < -0.4 is 5.32 Å². The van der Waals surface area contributed by atoms with Crippen molar-refractivity contribution >= 4 is 36.6 Å². The van der Waals surface area contributed by atoms with Gasteiger partial charge in [0.1, 0.15) is 0 Å². The van der Waals surface area contributed by atoms with Crippen LogP contribution >= 0.6 is 36.6 Å². The molecule has 0 aromatic heterocycles. The second kappa shape index (κ2) is 6.33. The molecule has 2 saturated heterocycles. The lowest BCUT2D eigenvalue weighted by Crippen LogP contribution is -2.58. The standard InChI is InChI=1S/C7H14N2S.2ClH/c1-3-10-4-2-9(1)7-5-8-6-7;;/h7-8H,1-6H2;2*1H. The van der Waals surface area contributed by atoms with Crippen LogP contribution in [0.25, 0.3) is 0 Å². The van der Waals surface area contributed by atoms with Crippen molar-refractivity contribution < 1.29 is 0 Å². The van der Waals surface area contributed by atoms with E-state index in [0.29, 0.717) is 0 Å². The highest BCUT2D eigenvalue weighted by Gasteiger charge is 2.25. The number of rotatable bonds is 1. The van der Waals surface area contributed by atoms with Gasteiger partial charge in [-0.1, -0.05) is 0 Å². The highest BCUT2D eigenvalue weighted by molar-refractivity contribution is 7.99. The summed E-state index contributed by atoms with van der Waals surface area (Å²) in [6.07, 6.45) is 0. The van der Waals surface area contributed by atoms with E-state index in [1.54, 1.807) is 0 Å². The van der Waals surface area contributed by atoms with E-state index in [2.05, 4.69) is 22.0 Å². The van der Waals surface area contributed by atoms with E-state index >= 15 is 0 Å². The summed E-state index contributed by atoms with van der Waals surface area (Å²) in [6, 6.07) is 0.876. The molecule has 12 heavy (non-hydrogen) atoms. The van der Waals surface area contributed by atoms with Gasteiger partial charge in [0.2, 0.25) is 0 Å². The molecule has 0 radical (unpaired) electrons. The molecule has 0 amide bonds. The first-order valence-electron chi connectivity index (χ1n) is 3.99. The van der Waals surface area contributed by atoms with Crippen LogP contribution in [0, 0.1) is 0 Å². The van der Waals surface area contributed by atoms with E-state index in [1.165, 1.54) is 37.7 Å². The minimum atomic E-state index is 0. The molecule has 2 rings (SSSR count). The Hall–Kier alpha value is 0.850. The predicted molar refractivity (Wildman–Crippen MR) is 60.1 cm³/mol. The third-order valence-corrected chi connectivity index (χ3v) is 3.26. The molecule has 74 valence electrons. The third-order valence-electron chi connectivity index (χ3n) is 2.32. The molecule has 2 nitrogen and oxygen atoms in total. The molecule has 2 aliphatic heterocycles. The minimum absolute atomic E-state index is 0.